The van der Waals surface area contributed by atoms with Gasteiger partial charge in [-0.05, 0) is 43.5 Å². The molecule has 4 nitrogen and oxygen atoms in total. The summed E-state index contributed by atoms with van der Waals surface area (Å²) in [5.41, 5.74) is 6.86. The molecule has 5 heteroatoms. The fourth-order valence-electron chi connectivity index (χ4n) is 1.78. The zero-order valence-corrected chi connectivity index (χ0v) is 10.0. The van der Waals surface area contributed by atoms with Gasteiger partial charge in [0.25, 0.3) is 0 Å². The van der Waals surface area contributed by atoms with Gasteiger partial charge in [0.2, 0.25) is 10.0 Å². The first-order valence-electron chi connectivity index (χ1n) is 5.37. The van der Waals surface area contributed by atoms with Gasteiger partial charge in [-0.2, -0.15) is 0 Å². The van der Waals surface area contributed by atoms with Crippen LogP contribution in [0, 0.1) is 6.92 Å². The third kappa shape index (κ3) is 2.20. The van der Waals surface area contributed by atoms with E-state index in [1.165, 1.54) is 0 Å². The highest BCUT2D eigenvalue weighted by Gasteiger charge is 2.25. The average Bonchev–Trinajstić information content (AvgIpc) is 2.11. The normalized spacial score (nSPS) is 17.1. The standard InChI is InChI=1S/C11H16N2O2S/c1-8-7-9(12)5-6-11(8)16(14,15)13-10-3-2-4-10/h5-7,10,13H,2-4,12H2,1H3. The quantitative estimate of drug-likeness (QED) is 0.785. The zero-order chi connectivity index (χ0) is 11.8. The Kier molecular flexibility index (Phi) is 2.90. The molecular formula is C11H16N2O2S. The Hall–Kier alpha value is -1.07. The van der Waals surface area contributed by atoms with E-state index in [0.29, 0.717) is 16.1 Å². The van der Waals surface area contributed by atoms with Crippen molar-refractivity contribution in [2.24, 2.45) is 0 Å². The molecule has 1 aliphatic rings. The summed E-state index contributed by atoms with van der Waals surface area (Å²) < 4.78 is 26.7. The van der Waals surface area contributed by atoms with Crippen molar-refractivity contribution in [3.63, 3.8) is 0 Å². The first-order chi connectivity index (χ1) is 7.49. The SMILES string of the molecule is Cc1cc(N)ccc1S(=O)(=O)NC1CCC1. The summed E-state index contributed by atoms with van der Waals surface area (Å²) in [6.45, 7) is 1.76. The number of sulfonamides is 1. The van der Waals surface area contributed by atoms with Crippen LogP contribution in [-0.4, -0.2) is 14.5 Å². The summed E-state index contributed by atoms with van der Waals surface area (Å²) in [6, 6.07) is 4.96. The first kappa shape index (κ1) is 11.4. The number of hydrogen-bond donors (Lipinski definition) is 2. The van der Waals surface area contributed by atoms with Gasteiger partial charge in [0, 0.05) is 11.7 Å². The number of aryl methyl sites for hydroxylation is 1. The predicted octanol–water partition coefficient (Wildman–Crippen LogP) is 1.41. The molecule has 88 valence electrons. The molecular weight excluding hydrogens is 224 g/mol. The molecule has 3 N–H and O–H groups in total. The van der Waals surface area contributed by atoms with Crippen LogP contribution >= 0.6 is 0 Å². The maximum atomic E-state index is 12.0. The van der Waals surface area contributed by atoms with E-state index < -0.39 is 10.0 Å². The van der Waals surface area contributed by atoms with Crippen LogP contribution in [0.15, 0.2) is 23.1 Å². The van der Waals surface area contributed by atoms with Crippen molar-refractivity contribution in [2.75, 3.05) is 5.73 Å². The summed E-state index contributed by atoms with van der Waals surface area (Å²) in [4.78, 5) is 0.327. The van der Waals surface area contributed by atoms with Gasteiger partial charge in [-0.25, -0.2) is 13.1 Å². The fourth-order valence-corrected chi connectivity index (χ4v) is 3.31. The molecule has 0 bridgehead atoms. The molecule has 1 aromatic carbocycles. The molecule has 1 saturated carbocycles. The Morgan fingerprint density at radius 3 is 2.56 bits per heavy atom. The van der Waals surface area contributed by atoms with Gasteiger partial charge in [0.05, 0.1) is 4.90 Å². The van der Waals surface area contributed by atoms with Gasteiger partial charge in [-0.3, -0.25) is 0 Å². The Morgan fingerprint density at radius 1 is 1.38 bits per heavy atom. The summed E-state index contributed by atoms with van der Waals surface area (Å²) in [5.74, 6) is 0. The van der Waals surface area contributed by atoms with Crippen molar-refractivity contribution in [1.82, 2.24) is 4.72 Å². The molecule has 0 aromatic heterocycles. The lowest BCUT2D eigenvalue weighted by Crippen LogP contribution is -2.39. The van der Waals surface area contributed by atoms with Crippen LogP contribution in [0.3, 0.4) is 0 Å². The number of benzene rings is 1. The van der Waals surface area contributed by atoms with Crippen LogP contribution in [0.4, 0.5) is 5.69 Å². The zero-order valence-electron chi connectivity index (χ0n) is 9.23. The van der Waals surface area contributed by atoms with Gasteiger partial charge in [0.1, 0.15) is 0 Å². The maximum Gasteiger partial charge on any atom is 0.241 e. The second kappa shape index (κ2) is 4.07. The molecule has 0 radical (unpaired) electrons. The number of nitrogen functional groups attached to an aromatic ring is 1. The predicted molar refractivity (Wildman–Crippen MR) is 63.6 cm³/mol. The van der Waals surface area contributed by atoms with E-state index >= 15 is 0 Å². The highest BCUT2D eigenvalue weighted by Crippen LogP contribution is 2.23. The van der Waals surface area contributed by atoms with Crippen LogP contribution < -0.4 is 10.5 Å². The minimum Gasteiger partial charge on any atom is -0.399 e. The van der Waals surface area contributed by atoms with Crippen molar-refractivity contribution in [3.8, 4) is 0 Å². The summed E-state index contributed by atoms with van der Waals surface area (Å²) >= 11 is 0. The van der Waals surface area contributed by atoms with E-state index in [2.05, 4.69) is 4.72 Å². The highest BCUT2D eigenvalue weighted by atomic mass is 32.2. The van der Waals surface area contributed by atoms with Crippen molar-refractivity contribution in [1.29, 1.82) is 0 Å². The lowest BCUT2D eigenvalue weighted by atomic mass is 9.94. The van der Waals surface area contributed by atoms with E-state index in [1.54, 1.807) is 25.1 Å². The number of anilines is 1. The minimum absolute atomic E-state index is 0.113. The highest BCUT2D eigenvalue weighted by molar-refractivity contribution is 7.89. The number of rotatable bonds is 3. The van der Waals surface area contributed by atoms with E-state index in [4.69, 9.17) is 5.73 Å². The van der Waals surface area contributed by atoms with Crippen molar-refractivity contribution in [2.45, 2.75) is 37.1 Å². The molecule has 1 aromatic rings. The van der Waals surface area contributed by atoms with Crippen LogP contribution in [0.5, 0.6) is 0 Å². The number of nitrogens with one attached hydrogen (secondary N) is 1. The average molecular weight is 240 g/mol. The largest absolute Gasteiger partial charge is 0.399 e. The Labute approximate surface area is 95.9 Å². The van der Waals surface area contributed by atoms with Gasteiger partial charge in [0.15, 0.2) is 0 Å². The van der Waals surface area contributed by atoms with Crippen molar-refractivity contribution in [3.05, 3.63) is 23.8 Å². The number of nitrogens with two attached hydrogens (primary N) is 1. The lowest BCUT2D eigenvalue weighted by molar-refractivity contribution is 0.383. The molecule has 0 amide bonds. The fraction of sp³-hybridized carbons (Fsp3) is 0.455. The summed E-state index contributed by atoms with van der Waals surface area (Å²) in [6.07, 6.45) is 2.98. The minimum atomic E-state index is -3.37. The molecule has 0 saturated heterocycles. The Balaban J connectivity index is 2.27. The van der Waals surface area contributed by atoms with Gasteiger partial charge < -0.3 is 5.73 Å². The van der Waals surface area contributed by atoms with Crippen LogP contribution in [0.1, 0.15) is 24.8 Å². The Morgan fingerprint density at radius 2 is 2.06 bits per heavy atom. The Bertz CT molecular complexity index is 493. The molecule has 1 fully saturated rings. The second-order valence-corrected chi connectivity index (χ2v) is 5.96. The summed E-state index contributed by atoms with van der Waals surface area (Å²) in [5, 5.41) is 0. The molecule has 1 aliphatic carbocycles. The molecule has 2 rings (SSSR count). The third-order valence-electron chi connectivity index (χ3n) is 2.92. The molecule has 16 heavy (non-hydrogen) atoms. The van der Waals surface area contributed by atoms with E-state index in [0.717, 1.165) is 19.3 Å². The van der Waals surface area contributed by atoms with E-state index in [-0.39, 0.29) is 6.04 Å². The van der Waals surface area contributed by atoms with E-state index in [1.807, 2.05) is 0 Å². The maximum absolute atomic E-state index is 12.0. The smallest absolute Gasteiger partial charge is 0.241 e. The molecule has 0 atom stereocenters. The molecule has 0 heterocycles. The van der Waals surface area contributed by atoms with E-state index in [9.17, 15) is 8.42 Å². The molecule has 0 unspecified atom stereocenters. The second-order valence-electron chi connectivity index (χ2n) is 4.27. The van der Waals surface area contributed by atoms with Crippen molar-refractivity contribution >= 4 is 15.7 Å². The van der Waals surface area contributed by atoms with Gasteiger partial charge in [-0.15, -0.1) is 0 Å². The first-order valence-corrected chi connectivity index (χ1v) is 6.86. The van der Waals surface area contributed by atoms with Crippen LogP contribution in [-0.2, 0) is 10.0 Å². The van der Waals surface area contributed by atoms with Gasteiger partial charge in [-0.1, -0.05) is 6.42 Å². The molecule has 0 aliphatic heterocycles. The third-order valence-corrected chi connectivity index (χ3v) is 4.60. The summed E-state index contributed by atoms with van der Waals surface area (Å²) in [7, 11) is -3.37. The van der Waals surface area contributed by atoms with Crippen molar-refractivity contribution < 1.29 is 8.42 Å². The van der Waals surface area contributed by atoms with Gasteiger partial charge >= 0.3 is 0 Å². The van der Waals surface area contributed by atoms with Crippen LogP contribution in [0.2, 0.25) is 0 Å². The lowest BCUT2D eigenvalue weighted by Gasteiger charge is -2.26. The van der Waals surface area contributed by atoms with Crippen LogP contribution in [0.25, 0.3) is 0 Å². The molecule has 0 spiro atoms. The number of hydrogen-bond acceptors (Lipinski definition) is 3. The topological polar surface area (TPSA) is 72.2 Å². The monoisotopic (exact) mass is 240 g/mol.